The second kappa shape index (κ2) is 7.23. The summed E-state index contributed by atoms with van der Waals surface area (Å²) in [4.78, 5) is 26.4. The number of nitro benzene ring substituents is 1. The largest absolute Gasteiger partial charge is 0.402 e. The molecule has 0 unspecified atom stereocenters. The minimum atomic E-state index is -0.611. The molecular formula is C18H11BrN2O4. The highest BCUT2D eigenvalue weighted by atomic mass is 79.9. The van der Waals surface area contributed by atoms with Crippen molar-refractivity contribution in [3.63, 3.8) is 0 Å². The van der Waals surface area contributed by atoms with Crippen molar-refractivity contribution in [3.8, 4) is 0 Å². The van der Waals surface area contributed by atoms with Crippen molar-refractivity contribution in [2.24, 2.45) is 4.99 Å². The molecule has 0 radical (unpaired) electrons. The number of nitrogens with zero attached hydrogens (tertiary/aromatic N) is 2. The molecule has 7 heteroatoms. The lowest BCUT2D eigenvalue weighted by atomic mass is 10.2. The number of halogens is 1. The van der Waals surface area contributed by atoms with Gasteiger partial charge in [0.2, 0.25) is 5.90 Å². The van der Waals surface area contributed by atoms with Crippen LogP contribution in [0.2, 0.25) is 0 Å². The predicted molar refractivity (Wildman–Crippen MR) is 97.2 cm³/mol. The zero-order valence-corrected chi connectivity index (χ0v) is 14.3. The fourth-order valence-electron chi connectivity index (χ4n) is 2.17. The predicted octanol–water partition coefficient (Wildman–Crippen LogP) is 4.22. The number of carbonyl (C=O) groups excluding carboxylic acids is 1. The topological polar surface area (TPSA) is 81.8 Å². The third-order valence-electron chi connectivity index (χ3n) is 3.30. The monoisotopic (exact) mass is 398 g/mol. The number of cyclic esters (lactones) is 1. The van der Waals surface area contributed by atoms with E-state index < -0.39 is 10.9 Å². The summed E-state index contributed by atoms with van der Waals surface area (Å²) >= 11 is 3.38. The van der Waals surface area contributed by atoms with E-state index in [0.717, 1.165) is 5.56 Å². The van der Waals surface area contributed by atoms with Gasteiger partial charge in [-0.1, -0.05) is 52.3 Å². The summed E-state index contributed by atoms with van der Waals surface area (Å²) in [7, 11) is 0. The Labute approximate surface area is 151 Å². The summed E-state index contributed by atoms with van der Waals surface area (Å²) in [6.07, 6.45) is 3.38. The average molecular weight is 399 g/mol. The third-order valence-corrected chi connectivity index (χ3v) is 3.76. The molecule has 0 aliphatic carbocycles. The summed E-state index contributed by atoms with van der Waals surface area (Å²) in [6, 6.07) is 15.3. The first-order valence-electron chi connectivity index (χ1n) is 7.22. The molecule has 1 aliphatic heterocycles. The van der Waals surface area contributed by atoms with Gasteiger partial charge >= 0.3 is 5.97 Å². The van der Waals surface area contributed by atoms with Crippen LogP contribution in [0.4, 0.5) is 5.69 Å². The van der Waals surface area contributed by atoms with Gasteiger partial charge in [0.15, 0.2) is 5.70 Å². The quantitative estimate of drug-likeness (QED) is 0.334. The molecular weight excluding hydrogens is 388 g/mol. The number of allylic oxidation sites excluding steroid dienone is 2. The summed E-state index contributed by atoms with van der Waals surface area (Å²) < 4.78 is 5.77. The molecule has 0 N–H and O–H groups in total. The maximum absolute atomic E-state index is 12.0. The molecule has 3 rings (SSSR count). The number of hydrogen-bond acceptors (Lipinski definition) is 5. The Morgan fingerprint density at radius 3 is 2.64 bits per heavy atom. The van der Waals surface area contributed by atoms with Crippen LogP contribution in [0.3, 0.4) is 0 Å². The van der Waals surface area contributed by atoms with Crippen LogP contribution < -0.4 is 0 Å². The first-order valence-corrected chi connectivity index (χ1v) is 8.02. The Morgan fingerprint density at radius 1 is 1.16 bits per heavy atom. The Bertz CT molecular complexity index is 933. The number of aliphatic imine (C=N–C) groups is 1. The second-order valence-corrected chi connectivity index (χ2v) is 6.00. The van der Waals surface area contributed by atoms with Crippen molar-refractivity contribution in [2.45, 2.75) is 0 Å². The lowest BCUT2D eigenvalue weighted by Gasteiger charge is -1.98. The SMILES string of the molecule is O=C1OC(c2cccc([N+](=O)[O-])c2)=N/C1=C\C(Br)=C\c1ccccc1. The van der Waals surface area contributed by atoms with E-state index in [9.17, 15) is 14.9 Å². The van der Waals surface area contributed by atoms with Gasteiger partial charge in [0.1, 0.15) is 0 Å². The zero-order valence-electron chi connectivity index (χ0n) is 12.8. The number of nitro groups is 1. The number of ether oxygens (including phenoxy) is 1. The van der Waals surface area contributed by atoms with E-state index >= 15 is 0 Å². The van der Waals surface area contributed by atoms with Crippen molar-refractivity contribution in [1.29, 1.82) is 0 Å². The van der Waals surface area contributed by atoms with Crippen molar-refractivity contribution in [2.75, 3.05) is 0 Å². The van der Waals surface area contributed by atoms with Gasteiger partial charge in [0.05, 0.1) is 4.92 Å². The molecule has 2 aromatic carbocycles. The molecule has 1 heterocycles. The fourth-order valence-corrected chi connectivity index (χ4v) is 2.65. The van der Waals surface area contributed by atoms with Gasteiger partial charge in [0, 0.05) is 22.2 Å². The van der Waals surface area contributed by atoms with Gasteiger partial charge in [-0.15, -0.1) is 0 Å². The maximum atomic E-state index is 12.0. The molecule has 0 spiro atoms. The fraction of sp³-hybridized carbons (Fsp3) is 0. The summed E-state index contributed by atoms with van der Waals surface area (Å²) in [6.45, 7) is 0. The van der Waals surface area contributed by atoms with E-state index in [0.29, 0.717) is 10.0 Å². The lowest BCUT2D eigenvalue weighted by Crippen LogP contribution is -2.05. The van der Waals surface area contributed by atoms with Crippen LogP contribution in [0, 0.1) is 10.1 Å². The van der Waals surface area contributed by atoms with E-state index in [1.54, 1.807) is 12.1 Å². The number of rotatable bonds is 4. The minimum absolute atomic E-state index is 0.0416. The number of esters is 1. The molecule has 25 heavy (non-hydrogen) atoms. The van der Waals surface area contributed by atoms with Gasteiger partial charge in [-0.25, -0.2) is 9.79 Å². The number of carbonyl (C=O) groups is 1. The molecule has 1 aliphatic rings. The molecule has 0 aromatic heterocycles. The highest BCUT2D eigenvalue weighted by Gasteiger charge is 2.25. The normalized spacial score (nSPS) is 15.9. The highest BCUT2D eigenvalue weighted by Crippen LogP contribution is 2.23. The van der Waals surface area contributed by atoms with Crippen LogP contribution in [0.15, 0.2) is 75.8 Å². The molecule has 0 bridgehead atoms. The van der Waals surface area contributed by atoms with Crippen LogP contribution >= 0.6 is 15.9 Å². The summed E-state index contributed by atoms with van der Waals surface area (Å²) in [5, 5.41) is 10.8. The Hall–Kier alpha value is -3.06. The Balaban J connectivity index is 1.88. The third kappa shape index (κ3) is 4.07. The van der Waals surface area contributed by atoms with Crippen molar-refractivity contribution >= 4 is 39.6 Å². The van der Waals surface area contributed by atoms with Gasteiger partial charge in [0.25, 0.3) is 5.69 Å². The van der Waals surface area contributed by atoms with E-state index in [4.69, 9.17) is 4.74 Å². The number of benzene rings is 2. The molecule has 0 saturated carbocycles. The van der Waals surface area contributed by atoms with Crippen LogP contribution in [0.1, 0.15) is 11.1 Å². The first kappa shape index (κ1) is 16.8. The summed E-state index contributed by atoms with van der Waals surface area (Å²) in [5.41, 5.74) is 1.34. The standard InChI is InChI=1S/C18H11BrN2O4/c19-14(9-12-5-2-1-3-6-12)11-16-18(22)25-17(20-16)13-7-4-8-15(10-13)21(23)24/h1-11H/b14-9-,16-11-. The second-order valence-electron chi connectivity index (χ2n) is 5.08. The van der Waals surface area contributed by atoms with Crippen molar-refractivity contribution in [3.05, 3.63) is 92.1 Å². The van der Waals surface area contributed by atoms with Crippen LogP contribution in [0.25, 0.3) is 6.08 Å². The van der Waals surface area contributed by atoms with Gasteiger partial charge < -0.3 is 4.74 Å². The van der Waals surface area contributed by atoms with Gasteiger partial charge in [-0.05, 0) is 23.8 Å². The molecule has 6 nitrogen and oxygen atoms in total. The van der Waals surface area contributed by atoms with Gasteiger partial charge in [-0.2, -0.15) is 0 Å². The van der Waals surface area contributed by atoms with Crippen molar-refractivity contribution < 1.29 is 14.5 Å². The van der Waals surface area contributed by atoms with E-state index in [1.807, 2.05) is 36.4 Å². The Morgan fingerprint density at radius 2 is 1.92 bits per heavy atom. The molecule has 0 saturated heterocycles. The average Bonchev–Trinajstić information content (AvgIpc) is 2.96. The van der Waals surface area contributed by atoms with Crippen LogP contribution in [0.5, 0.6) is 0 Å². The van der Waals surface area contributed by atoms with E-state index in [1.165, 1.54) is 18.2 Å². The van der Waals surface area contributed by atoms with E-state index in [2.05, 4.69) is 20.9 Å². The highest BCUT2D eigenvalue weighted by molar-refractivity contribution is 9.12. The van der Waals surface area contributed by atoms with E-state index in [-0.39, 0.29) is 17.3 Å². The summed E-state index contributed by atoms with van der Waals surface area (Å²) in [5.74, 6) is -0.570. The number of non-ortho nitro benzene ring substituents is 1. The molecule has 2 aromatic rings. The first-order chi connectivity index (χ1) is 12.0. The Kier molecular flexibility index (Phi) is 4.85. The van der Waals surface area contributed by atoms with Crippen molar-refractivity contribution in [1.82, 2.24) is 0 Å². The number of hydrogen-bond donors (Lipinski definition) is 0. The maximum Gasteiger partial charge on any atom is 0.363 e. The molecule has 0 atom stereocenters. The van der Waals surface area contributed by atoms with Gasteiger partial charge in [-0.3, -0.25) is 10.1 Å². The molecule has 124 valence electrons. The zero-order chi connectivity index (χ0) is 17.8. The minimum Gasteiger partial charge on any atom is -0.402 e. The smallest absolute Gasteiger partial charge is 0.363 e. The molecule has 0 fully saturated rings. The van der Waals surface area contributed by atoms with Crippen LogP contribution in [-0.4, -0.2) is 16.8 Å². The van der Waals surface area contributed by atoms with Crippen LogP contribution in [-0.2, 0) is 9.53 Å². The molecule has 0 amide bonds. The lowest BCUT2D eigenvalue weighted by molar-refractivity contribution is -0.384.